The third-order valence-electron chi connectivity index (χ3n) is 14.2. The molecule has 8 aromatic heterocycles. The predicted molar refractivity (Wildman–Crippen MR) is 505 cm³/mol. The van der Waals surface area contributed by atoms with Crippen LogP contribution in [0.3, 0.4) is 0 Å². The molecule has 9 heterocycles. The predicted octanol–water partition coefficient (Wildman–Crippen LogP) is 13.2. The van der Waals surface area contributed by atoms with Gasteiger partial charge in [-0.05, 0) is 124 Å². The highest BCUT2D eigenvalue weighted by Gasteiger charge is 2.28. The number of ether oxygens (including phenoxy) is 1. The first-order valence-corrected chi connectivity index (χ1v) is 54.4. The number of anilines is 2. The van der Waals surface area contributed by atoms with Crippen LogP contribution in [0.15, 0.2) is 171 Å². The van der Waals surface area contributed by atoms with Crippen LogP contribution in [0, 0.1) is 0 Å². The van der Waals surface area contributed by atoms with Crippen LogP contribution in [0.2, 0.25) is 0 Å². The highest BCUT2D eigenvalue weighted by atomic mass is 35.7. The molecule has 3 amide bonds. The molecule has 37 nitrogen and oxygen atoms in total. The van der Waals surface area contributed by atoms with Crippen LogP contribution in [0.25, 0.3) is 22.5 Å². The summed E-state index contributed by atoms with van der Waals surface area (Å²) in [6, 6.07) is 31.5. The van der Waals surface area contributed by atoms with E-state index in [-0.39, 0.29) is 66.0 Å². The number of carboxylic acids is 5. The van der Waals surface area contributed by atoms with E-state index in [4.69, 9.17) is 66.1 Å². The average Bonchev–Trinajstić information content (AvgIpc) is 1.69. The standard InChI is InChI=1S/C21H24N4O4S4.C14H17N3OS2.2C7H9NO4S2.2C5H3ClO4S2.C5H4O2S.C4H8O.C2H7N.CH4.ClHO3S/c1-25(2)33(28,29)18-10-9-17(32-18)20(27)22-15(11-12-30-3)19(26)24-21-23-16(13-31-21)14-7-5-4-6-8-14;1-19-8-7-11(15)13(18)17-14-16-12(9-20-14)10-5-3-2-4-6-10;1-8(2)14(11,12)5-3-6(7(9)10)13-4-5;1-8(2)14(11,12)6-4-3-5(13-6)7(9)10;6-12(9,10)3-1-4(5(7)8)11-2-3;6-12(9,10)4-2-1-3(11-4)5(7)8;6-5(7)4-2-1-3-8-4;1-2-4-5-3-1;1-3-2;;1-4-5(2)3/h4-10,13,15H,11-12H2,1-3H3,(H,22,27)(H,23,24,26);2-6,9,11H,7-8,15H2,1H3,(H,16,17,18);2*3-4H,1-2H3,(H,9,10);2*1-2H,(H,7,8);1-3H,(H,6,7);1-4H2;3H,1-2H3;1H4;(H,2,3)/p-1/t15-;11-;;;;;;;;;/m00........./s1. The minimum Gasteiger partial charge on any atom is -0.749 e. The monoisotopic (exact) mass is 2130 g/mol. The van der Waals surface area contributed by atoms with Gasteiger partial charge in [0.2, 0.25) is 21.8 Å². The molecule has 127 heavy (non-hydrogen) atoms. The summed E-state index contributed by atoms with van der Waals surface area (Å²) in [6.07, 6.45) is 7.56. The van der Waals surface area contributed by atoms with Crippen molar-refractivity contribution in [1.29, 1.82) is 0 Å². The number of benzene rings is 2. The second-order valence-electron chi connectivity index (χ2n) is 24.0. The summed E-state index contributed by atoms with van der Waals surface area (Å²) >= 11 is 12.8. The lowest BCUT2D eigenvalue weighted by Crippen LogP contribution is -2.44. The second kappa shape index (κ2) is 59.3. The molecule has 0 radical (unpaired) electrons. The van der Waals surface area contributed by atoms with Gasteiger partial charge in [0, 0.05) is 110 Å². The lowest BCUT2D eigenvalue weighted by Gasteiger charge is -2.17. The molecule has 1 unspecified atom stereocenters. The number of hydrogen-bond acceptors (Lipinski definition) is 36. The molecule has 3 atom stereocenters. The van der Waals surface area contributed by atoms with Gasteiger partial charge in [0.25, 0.3) is 44.1 Å². The second-order valence-corrected chi connectivity index (χ2v) is 46.8. The van der Waals surface area contributed by atoms with Crippen LogP contribution >= 0.6 is 147 Å². The van der Waals surface area contributed by atoms with Crippen molar-refractivity contribution in [3.63, 3.8) is 0 Å². The zero-order chi connectivity index (χ0) is 95.5. The van der Waals surface area contributed by atoms with E-state index in [1.807, 2.05) is 98.0 Å². The fraction of sp³-hybridized carbons (Fsp3) is 0.296. The van der Waals surface area contributed by atoms with E-state index >= 15 is 0 Å². The summed E-state index contributed by atoms with van der Waals surface area (Å²) in [5.41, 5.74) is 9.43. The van der Waals surface area contributed by atoms with Crippen molar-refractivity contribution in [2.75, 3.05) is 104 Å². The summed E-state index contributed by atoms with van der Waals surface area (Å²) in [6.45, 7) is 2.00. The number of aromatic nitrogens is 2. The zero-order valence-corrected chi connectivity index (χ0v) is 82.8. The molecular weight excluding hydrogens is 2040 g/mol. The van der Waals surface area contributed by atoms with Crippen LogP contribution in [-0.4, -0.2) is 253 Å². The SMILES string of the molecule is C.C1CCOC1.CN(C)S(=O)(=O)c1ccc(C(=O)O)s1.CN(C)S(=O)(=O)c1csc(C(=O)O)c1.CNC.CSCC[C@H](N)C(=O)Nc1nc(-c2ccccc2)cs1.CSCC[C@H](NC(=O)c1ccc(S(=O)(=O)N(C)C)s1)C(=O)Nc1nc(-c2ccccc2)cs1.O=C(O)c1cc(S(=O)(=O)Cl)cs1.O=C(O)c1ccc(S(=O)(=O)Cl)s1.O=C(O)c1cccs1.O=S([O-])OCl. The van der Waals surface area contributed by atoms with E-state index in [0.717, 1.165) is 118 Å². The van der Waals surface area contributed by atoms with E-state index in [1.54, 1.807) is 41.0 Å². The van der Waals surface area contributed by atoms with Gasteiger partial charge >= 0.3 is 29.8 Å². The molecule has 0 aliphatic carbocycles. The fourth-order valence-corrected chi connectivity index (χ4v) is 21.6. The van der Waals surface area contributed by atoms with E-state index in [2.05, 4.69) is 46.8 Å². The first-order valence-electron chi connectivity index (χ1n) is 34.5. The Bertz CT molecular complexity index is 5560. The van der Waals surface area contributed by atoms with Gasteiger partial charge < -0.3 is 61.8 Å². The maximum atomic E-state index is 12.9. The number of sulfonamides is 3. The van der Waals surface area contributed by atoms with Crippen LogP contribution in [0.4, 0.5) is 10.3 Å². The Morgan fingerprint density at radius 3 is 1.22 bits per heavy atom. The first-order chi connectivity index (χ1) is 58.9. The summed E-state index contributed by atoms with van der Waals surface area (Å²) < 4.78 is 142. The Morgan fingerprint density at radius 1 is 0.520 bits per heavy atom. The first kappa shape index (κ1) is 118. The number of thiophene rings is 6. The Balaban J connectivity index is 0.000000751. The highest BCUT2D eigenvalue weighted by molar-refractivity contribution is 8.15. The van der Waals surface area contributed by atoms with E-state index < -0.39 is 107 Å². The van der Waals surface area contributed by atoms with Gasteiger partial charge in [-0.15, -0.1) is 90.7 Å². The minimum atomic E-state index is -3.80. The average molecular weight is 2130 g/mol. The Hall–Kier alpha value is -7.19. The van der Waals surface area contributed by atoms with Gasteiger partial charge in [-0.3, -0.25) is 14.4 Å². The van der Waals surface area contributed by atoms with E-state index in [1.165, 1.54) is 130 Å². The van der Waals surface area contributed by atoms with Crippen molar-refractivity contribution in [3.8, 4) is 22.5 Å². The molecule has 0 bridgehead atoms. The van der Waals surface area contributed by atoms with Crippen LogP contribution in [0.5, 0.6) is 0 Å². The number of thiazole rings is 2. The lowest BCUT2D eigenvalue weighted by atomic mass is 10.2. The summed E-state index contributed by atoms with van der Waals surface area (Å²) in [5.74, 6) is -4.90. The zero-order valence-electron chi connectivity index (χ0n) is 67.4. The Morgan fingerprint density at radius 2 is 0.898 bits per heavy atom. The van der Waals surface area contributed by atoms with Gasteiger partial charge in [-0.1, -0.05) is 74.2 Å². The largest absolute Gasteiger partial charge is 0.749 e. The third kappa shape index (κ3) is 43.2. The van der Waals surface area contributed by atoms with Crippen molar-refractivity contribution in [3.05, 3.63) is 177 Å². The molecule has 1 aliphatic heterocycles. The quantitative estimate of drug-likeness (QED) is 0.0161. The topological polar surface area (TPSA) is 577 Å². The lowest BCUT2D eigenvalue weighted by molar-refractivity contribution is -0.118. The Kier molecular flexibility index (Phi) is 55.0. The number of nitrogens with zero attached hydrogens (tertiary/aromatic N) is 5. The molecule has 1 saturated heterocycles. The van der Waals surface area contributed by atoms with Crippen LogP contribution < -0.4 is 27.0 Å². The number of aromatic carboxylic acids is 5. The Labute approximate surface area is 791 Å². The molecule has 10 aromatic rings. The number of carboxylic acid groups (broad SMARTS) is 5. The van der Waals surface area contributed by atoms with Crippen molar-refractivity contribution >= 4 is 265 Å². The van der Waals surface area contributed by atoms with Crippen LogP contribution in [-0.2, 0) is 77.6 Å². The molecule has 0 saturated carbocycles. The number of amides is 3. The number of carbonyl (C=O) groups excluding carboxylic acids is 3. The highest BCUT2D eigenvalue weighted by Crippen LogP contribution is 2.31. The van der Waals surface area contributed by atoms with Crippen molar-refractivity contribution in [2.24, 2.45) is 5.73 Å². The van der Waals surface area contributed by atoms with Gasteiger partial charge in [0.1, 0.15) is 54.4 Å². The molecule has 0 spiro atoms. The van der Waals surface area contributed by atoms with E-state index in [0.29, 0.717) is 45.1 Å². The maximum absolute atomic E-state index is 12.9. The van der Waals surface area contributed by atoms with Gasteiger partial charge in [-0.25, -0.2) is 93.2 Å². The molecule has 1 aliphatic rings. The smallest absolute Gasteiger partial charge is 0.345 e. The maximum Gasteiger partial charge on any atom is 0.345 e. The number of nitrogens with two attached hydrogens (primary N) is 1. The number of rotatable bonds is 28. The van der Waals surface area contributed by atoms with Gasteiger partial charge in [-0.2, -0.15) is 27.3 Å². The summed E-state index contributed by atoms with van der Waals surface area (Å²) in [5, 5.41) is 62.5. The normalized spacial score (nSPS) is 12.2. The molecule has 1 fully saturated rings. The summed E-state index contributed by atoms with van der Waals surface area (Å²) in [7, 11) is 3.91. The van der Waals surface area contributed by atoms with Gasteiger partial charge in [0.15, 0.2) is 10.3 Å². The molecule has 2 aromatic carbocycles. The number of nitrogens with one attached hydrogen (secondary N) is 4. The van der Waals surface area contributed by atoms with Crippen LogP contribution in [0.1, 0.15) is 91.1 Å². The fourth-order valence-electron chi connectivity index (χ4n) is 7.97. The molecule has 702 valence electrons. The van der Waals surface area contributed by atoms with Crippen molar-refractivity contribution in [1.82, 2.24) is 33.5 Å². The van der Waals surface area contributed by atoms with Crippen molar-refractivity contribution < 1.29 is 123 Å². The number of halogens is 3. The number of thioether (sulfide) groups is 2. The number of hydrogen-bond donors (Lipinski definition) is 10. The number of carbonyl (C=O) groups is 8. The molecule has 11 rings (SSSR count). The molecular formula is C71H88Cl3N10O27S16-. The van der Waals surface area contributed by atoms with Gasteiger partial charge in [0.05, 0.1) is 44.0 Å². The van der Waals surface area contributed by atoms with Crippen molar-refractivity contribution in [2.45, 2.75) is 67.6 Å². The third-order valence-corrected chi connectivity index (χ3v) is 33.4. The molecule has 11 N–H and O–H groups in total. The molecule has 56 heteroatoms. The van der Waals surface area contributed by atoms with E-state index in [9.17, 15) is 80.4 Å². The minimum absolute atomic E-state index is 0. The summed E-state index contributed by atoms with van der Waals surface area (Å²) in [4.78, 5) is 98.6.